The fourth-order valence-electron chi connectivity index (χ4n) is 5.80. The lowest BCUT2D eigenvalue weighted by Crippen LogP contribution is -2.44. The molecule has 8 nitrogen and oxygen atoms in total. The Morgan fingerprint density at radius 2 is 2.00 bits per heavy atom. The molecule has 1 N–H and O–H groups in total. The second-order valence-electron chi connectivity index (χ2n) is 10.3. The van der Waals surface area contributed by atoms with Crippen LogP contribution in [0.1, 0.15) is 49.4 Å². The van der Waals surface area contributed by atoms with Gasteiger partial charge in [0.1, 0.15) is 13.2 Å². The highest BCUT2D eigenvalue weighted by molar-refractivity contribution is 6.01. The molecule has 0 unspecified atom stereocenters. The van der Waals surface area contributed by atoms with E-state index < -0.39 is 17.4 Å². The van der Waals surface area contributed by atoms with Gasteiger partial charge < -0.3 is 24.0 Å². The van der Waals surface area contributed by atoms with E-state index in [0.29, 0.717) is 54.6 Å². The molecule has 5 heterocycles. The first-order chi connectivity index (χ1) is 17.2. The molecule has 0 saturated heterocycles. The number of aromatic nitrogens is 2. The minimum Gasteiger partial charge on any atom is -0.486 e. The van der Waals surface area contributed by atoms with Crippen molar-refractivity contribution in [3.63, 3.8) is 0 Å². The van der Waals surface area contributed by atoms with Crippen LogP contribution in [0.2, 0.25) is 0 Å². The van der Waals surface area contributed by atoms with E-state index in [-0.39, 0.29) is 35.5 Å². The summed E-state index contributed by atoms with van der Waals surface area (Å²) in [5.41, 5.74) is 2.52. The fraction of sp³-hybridized carbons (Fsp3) is 0.444. The first-order valence-corrected chi connectivity index (χ1v) is 12.3. The molecule has 0 fully saturated rings. The highest BCUT2D eigenvalue weighted by atomic mass is 19.1. The molecular formula is C27H28FN3O5. The Hall–Kier alpha value is -3.46. The second kappa shape index (κ2) is 7.77. The lowest BCUT2D eigenvalue weighted by Gasteiger charge is -2.31. The minimum absolute atomic E-state index is 0.0714. The number of pyridine rings is 2. The zero-order valence-corrected chi connectivity index (χ0v) is 20.8. The summed E-state index contributed by atoms with van der Waals surface area (Å²) >= 11 is 0. The van der Waals surface area contributed by atoms with Crippen molar-refractivity contribution < 1.29 is 23.8 Å². The number of benzene rings is 1. The zero-order valence-electron chi connectivity index (χ0n) is 20.8. The van der Waals surface area contributed by atoms with Gasteiger partial charge in [0.25, 0.3) is 5.56 Å². The monoisotopic (exact) mass is 493 g/mol. The standard InChI is InChI=1S/C27H28FN3O5/c1-5-27(34)17-9-20-22-15(11-31(20)25(32)16(17)12-36-26(27)33)14(8-13(2)3)21-19(29-22)10-18(28)24-23(21)30(4)6-7-35-24/h9-10,13,34H,5-8,11-12H2,1-4H3/t27-/m0/s1. The molecule has 9 heteroatoms. The van der Waals surface area contributed by atoms with Crippen LogP contribution in [0.25, 0.3) is 22.3 Å². The summed E-state index contributed by atoms with van der Waals surface area (Å²) < 4.78 is 27.7. The number of esters is 1. The van der Waals surface area contributed by atoms with E-state index in [0.717, 1.165) is 16.5 Å². The van der Waals surface area contributed by atoms with Crippen LogP contribution in [0.15, 0.2) is 16.9 Å². The van der Waals surface area contributed by atoms with Crippen molar-refractivity contribution in [2.75, 3.05) is 25.1 Å². The molecule has 1 aromatic carbocycles. The average Bonchev–Trinajstić information content (AvgIpc) is 3.21. The summed E-state index contributed by atoms with van der Waals surface area (Å²) in [6.45, 7) is 7.06. The SMILES string of the molecule is CC[C@@]1(O)C(=O)OCc2c1cc1n(c2=O)Cc2c-1nc1cc(F)c3c(c1c2CC(C)C)N(C)CCO3. The maximum atomic E-state index is 15.2. The van der Waals surface area contributed by atoms with Gasteiger partial charge in [0, 0.05) is 29.6 Å². The third kappa shape index (κ3) is 2.98. The van der Waals surface area contributed by atoms with Gasteiger partial charge in [-0.15, -0.1) is 0 Å². The van der Waals surface area contributed by atoms with Crippen LogP contribution in [0.3, 0.4) is 0 Å². The van der Waals surface area contributed by atoms with E-state index in [1.165, 1.54) is 6.07 Å². The molecule has 36 heavy (non-hydrogen) atoms. The molecule has 0 aliphatic carbocycles. The van der Waals surface area contributed by atoms with Crippen LogP contribution < -0.4 is 15.2 Å². The van der Waals surface area contributed by atoms with Crippen LogP contribution in [-0.2, 0) is 34.7 Å². The lowest BCUT2D eigenvalue weighted by molar-refractivity contribution is -0.172. The summed E-state index contributed by atoms with van der Waals surface area (Å²) in [4.78, 5) is 32.9. The third-order valence-electron chi connectivity index (χ3n) is 7.64. The van der Waals surface area contributed by atoms with Crippen LogP contribution >= 0.6 is 0 Å². The van der Waals surface area contributed by atoms with E-state index in [1.54, 1.807) is 17.6 Å². The minimum atomic E-state index is -1.89. The molecule has 0 spiro atoms. The molecule has 0 amide bonds. The van der Waals surface area contributed by atoms with E-state index >= 15 is 4.39 Å². The Morgan fingerprint density at radius 3 is 2.72 bits per heavy atom. The van der Waals surface area contributed by atoms with Crippen LogP contribution in [0.4, 0.5) is 10.1 Å². The number of halogens is 1. The van der Waals surface area contributed by atoms with Crippen LogP contribution in [0.5, 0.6) is 5.75 Å². The summed E-state index contributed by atoms with van der Waals surface area (Å²) in [6, 6.07) is 3.09. The Balaban J connectivity index is 1.68. The highest BCUT2D eigenvalue weighted by Crippen LogP contribution is 2.46. The molecule has 0 bridgehead atoms. The Morgan fingerprint density at radius 1 is 1.22 bits per heavy atom. The highest BCUT2D eigenvalue weighted by Gasteiger charge is 2.45. The van der Waals surface area contributed by atoms with E-state index in [4.69, 9.17) is 14.5 Å². The van der Waals surface area contributed by atoms with Gasteiger partial charge in [-0.05, 0) is 30.4 Å². The van der Waals surface area contributed by atoms with Gasteiger partial charge in [0.15, 0.2) is 17.2 Å². The number of cyclic esters (lactones) is 1. The summed E-state index contributed by atoms with van der Waals surface area (Å²) in [7, 11) is 1.92. The van der Waals surface area contributed by atoms with Crippen LogP contribution in [0, 0.1) is 11.7 Å². The fourth-order valence-corrected chi connectivity index (χ4v) is 5.80. The van der Waals surface area contributed by atoms with Crippen molar-refractivity contribution in [3.05, 3.63) is 50.6 Å². The molecule has 188 valence electrons. The summed E-state index contributed by atoms with van der Waals surface area (Å²) in [5, 5.41) is 12.0. The average molecular weight is 494 g/mol. The Bertz CT molecular complexity index is 1530. The lowest BCUT2D eigenvalue weighted by atomic mass is 9.86. The number of carbonyl (C=O) groups excluding carboxylic acids is 1. The quantitative estimate of drug-likeness (QED) is 0.438. The number of hydrogen-bond donors (Lipinski definition) is 1. The smallest absolute Gasteiger partial charge is 0.343 e. The molecule has 0 radical (unpaired) electrons. The van der Waals surface area contributed by atoms with Crippen LogP contribution in [-0.4, -0.2) is 40.8 Å². The third-order valence-corrected chi connectivity index (χ3v) is 7.64. The predicted octanol–water partition coefficient (Wildman–Crippen LogP) is 3.25. The van der Waals surface area contributed by atoms with E-state index in [1.807, 2.05) is 11.9 Å². The molecule has 2 aromatic heterocycles. The van der Waals surface area contributed by atoms with E-state index in [9.17, 15) is 14.7 Å². The first kappa shape index (κ1) is 23.0. The predicted molar refractivity (Wildman–Crippen MR) is 132 cm³/mol. The van der Waals surface area contributed by atoms with Crippen molar-refractivity contribution in [1.82, 2.24) is 9.55 Å². The molecule has 3 aromatic rings. The summed E-state index contributed by atoms with van der Waals surface area (Å²) in [5.74, 6) is -0.713. The van der Waals surface area contributed by atoms with Crippen molar-refractivity contribution in [1.29, 1.82) is 0 Å². The van der Waals surface area contributed by atoms with Gasteiger partial charge in [0.2, 0.25) is 0 Å². The number of nitrogens with zero attached hydrogens (tertiary/aromatic N) is 3. The number of ether oxygens (including phenoxy) is 2. The number of aliphatic hydroxyl groups is 1. The van der Waals surface area contributed by atoms with Gasteiger partial charge in [-0.25, -0.2) is 14.2 Å². The van der Waals surface area contributed by atoms with Crippen molar-refractivity contribution >= 4 is 22.6 Å². The van der Waals surface area contributed by atoms with Gasteiger partial charge in [-0.1, -0.05) is 20.8 Å². The number of likely N-dealkylation sites (N-methyl/N-ethyl adjacent to an activating group) is 1. The first-order valence-electron chi connectivity index (χ1n) is 12.3. The largest absolute Gasteiger partial charge is 0.486 e. The normalized spacial score (nSPS) is 20.1. The Labute approximate surface area is 207 Å². The van der Waals surface area contributed by atoms with E-state index in [2.05, 4.69) is 13.8 Å². The van der Waals surface area contributed by atoms with Gasteiger partial charge in [-0.2, -0.15) is 0 Å². The molecular weight excluding hydrogens is 465 g/mol. The molecule has 3 aliphatic rings. The molecule has 0 saturated carbocycles. The Kier molecular flexibility index (Phi) is 4.96. The summed E-state index contributed by atoms with van der Waals surface area (Å²) in [6.07, 6.45) is 0.776. The number of anilines is 1. The number of fused-ring (bicyclic) bond motifs is 7. The van der Waals surface area contributed by atoms with Gasteiger partial charge in [0.05, 0.1) is 41.2 Å². The van der Waals surface area contributed by atoms with Gasteiger partial charge >= 0.3 is 5.97 Å². The molecule has 1 atom stereocenters. The van der Waals surface area contributed by atoms with Crippen molar-refractivity contribution in [2.45, 2.75) is 52.4 Å². The number of rotatable bonds is 3. The zero-order chi connectivity index (χ0) is 25.5. The number of carbonyl (C=O) groups is 1. The van der Waals surface area contributed by atoms with Gasteiger partial charge in [-0.3, -0.25) is 4.79 Å². The second-order valence-corrected chi connectivity index (χ2v) is 10.3. The topological polar surface area (TPSA) is 93.9 Å². The molecule has 3 aliphatic heterocycles. The molecule has 6 rings (SSSR count). The van der Waals surface area contributed by atoms with Crippen molar-refractivity contribution in [2.24, 2.45) is 5.92 Å². The number of hydrogen-bond acceptors (Lipinski definition) is 7. The maximum Gasteiger partial charge on any atom is 0.343 e. The van der Waals surface area contributed by atoms with Crippen molar-refractivity contribution in [3.8, 4) is 17.1 Å². The maximum absolute atomic E-state index is 15.2.